The van der Waals surface area contributed by atoms with Gasteiger partial charge in [-0.05, 0) is 51.5 Å². The summed E-state index contributed by atoms with van der Waals surface area (Å²) in [5.74, 6) is 0.658. The number of hydrogen-bond donors (Lipinski definition) is 1. The van der Waals surface area contributed by atoms with Gasteiger partial charge < -0.3 is 5.32 Å². The molecule has 24 heavy (non-hydrogen) atoms. The van der Waals surface area contributed by atoms with Gasteiger partial charge >= 0.3 is 0 Å². The van der Waals surface area contributed by atoms with Gasteiger partial charge in [-0.2, -0.15) is 0 Å². The maximum atomic E-state index is 11.2. The van der Waals surface area contributed by atoms with Crippen molar-refractivity contribution in [3.05, 3.63) is 79.3 Å². The largest absolute Gasteiger partial charge is 0.377 e. The lowest BCUT2D eigenvalue weighted by molar-refractivity contribution is -0.384. The van der Waals surface area contributed by atoms with E-state index in [1.807, 2.05) is 18.2 Å². The summed E-state index contributed by atoms with van der Waals surface area (Å²) in [6.45, 7) is 0. The number of nitro benzene ring substituents is 1. The predicted molar refractivity (Wildman–Crippen MR) is 98.6 cm³/mol. The van der Waals surface area contributed by atoms with Gasteiger partial charge in [0, 0.05) is 16.5 Å². The van der Waals surface area contributed by atoms with E-state index in [0.717, 1.165) is 22.1 Å². The van der Waals surface area contributed by atoms with Crippen molar-refractivity contribution in [1.29, 1.82) is 0 Å². The number of rotatable bonds is 2. The van der Waals surface area contributed by atoms with Crippen LogP contribution in [-0.4, -0.2) is 4.92 Å². The number of nitrogens with zero attached hydrogens (tertiary/aromatic N) is 1. The van der Waals surface area contributed by atoms with Crippen molar-refractivity contribution in [3.8, 4) is 0 Å². The molecule has 1 heterocycles. The van der Waals surface area contributed by atoms with E-state index in [1.54, 1.807) is 12.1 Å². The first kappa shape index (κ1) is 15.7. The molecule has 6 heteroatoms. The van der Waals surface area contributed by atoms with Crippen LogP contribution < -0.4 is 5.32 Å². The van der Waals surface area contributed by atoms with Crippen LogP contribution in [0.5, 0.6) is 0 Å². The molecule has 4 rings (SSSR count). The van der Waals surface area contributed by atoms with Crippen molar-refractivity contribution in [2.75, 3.05) is 5.32 Å². The standard InChI is InChI=1S/C18H14BrClN2O2/c19-14-6-2-5-13-11-3-1-4-12(11)17(21-18(13)14)10-7-8-15(20)16(9-10)22(23)24/h1-3,5-9,11-12,17,21H,4H2/t11-,12-,17-/m0/s1. The summed E-state index contributed by atoms with van der Waals surface area (Å²) in [4.78, 5) is 10.8. The zero-order valence-electron chi connectivity index (χ0n) is 12.6. The summed E-state index contributed by atoms with van der Waals surface area (Å²) in [5.41, 5.74) is 3.18. The van der Waals surface area contributed by atoms with Gasteiger partial charge in [0.05, 0.1) is 16.7 Å². The van der Waals surface area contributed by atoms with Crippen LogP contribution in [0.2, 0.25) is 5.02 Å². The Hall–Kier alpha value is -1.85. The zero-order valence-corrected chi connectivity index (χ0v) is 14.9. The Labute approximate surface area is 152 Å². The topological polar surface area (TPSA) is 55.2 Å². The number of fused-ring (bicyclic) bond motifs is 3. The summed E-state index contributed by atoms with van der Waals surface area (Å²) in [5, 5.41) is 15.0. The number of hydrogen-bond acceptors (Lipinski definition) is 3. The van der Waals surface area contributed by atoms with Crippen molar-refractivity contribution < 1.29 is 4.92 Å². The first-order chi connectivity index (χ1) is 11.6. The normalized spacial score (nSPS) is 24.2. The molecular weight excluding hydrogens is 392 g/mol. The van der Waals surface area contributed by atoms with E-state index in [1.165, 1.54) is 5.56 Å². The van der Waals surface area contributed by atoms with Crippen LogP contribution in [0, 0.1) is 16.0 Å². The predicted octanol–water partition coefficient (Wildman–Crippen LogP) is 5.84. The maximum Gasteiger partial charge on any atom is 0.288 e. The third-order valence-electron chi connectivity index (χ3n) is 4.87. The SMILES string of the molecule is O=[N+]([O-])c1cc([C@@H]2Nc3c(Br)cccc3[C@H]3C=CC[C@@H]32)ccc1Cl. The first-order valence-electron chi connectivity index (χ1n) is 7.71. The van der Waals surface area contributed by atoms with Gasteiger partial charge in [-0.3, -0.25) is 10.1 Å². The van der Waals surface area contributed by atoms with Gasteiger partial charge in [-0.25, -0.2) is 0 Å². The highest BCUT2D eigenvalue weighted by Gasteiger charge is 2.39. The lowest BCUT2D eigenvalue weighted by Crippen LogP contribution is -2.29. The molecule has 122 valence electrons. The first-order valence-corrected chi connectivity index (χ1v) is 8.89. The van der Waals surface area contributed by atoms with Crippen molar-refractivity contribution in [2.24, 2.45) is 5.92 Å². The third-order valence-corrected chi connectivity index (χ3v) is 5.85. The zero-order chi connectivity index (χ0) is 16.8. The number of anilines is 1. The molecule has 0 radical (unpaired) electrons. The van der Waals surface area contributed by atoms with E-state index < -0.39 is 4.92 Å². The molecule has 0 aromatic heterocycles. The molecular formula is C18H14BrClN2O2. The molecule has 1 aliphatic carbocycles. The second-order valence-electron chi connectivity index (χ2n) is 6.15. The van der Waals surface area contributed by atoms with Crippen LogP contribution in [0.25, 0.3) is 0 Å². The molecule has 2 aliphatic rings. The Morgan fingerprint density at radius 1 is 1.29 bits per heavy atom. The van der Waals surface area contributed by atoms with Crippen molar-refractivity contribution in [1.82, 2.24) is 0 Å². The molecule has 4 nitrogen and oxygen atoms in total. The molecule has 0 bridgehead atoms. The summed E-state index contributed by atoms with van der Waals surface area (Å²) < 4.78 is 1.01. The quantitative estimate of drug-likeness (QED) is 0.388. The molecule has 1 aliphatic heterocycles. The van der Waals surface area contributed by atoms with Crippen LogP contribution in [0.1, 0.15) is 29.5 Å². The van der Waals surface area contributed by atoms with Gasteiger partial charge in [-0.1, -0.05) is 42.0 Å². The summed E-state index contributed by atoms with van der Waals surface area (Å²) in [6.07, 6.45) is 5.39. The summed E-state index contributed by atoms with van der Waals surface area (Å²) in [6, 6.07) is 11.3. The monoisotopic (exact) mass is 404 g/mol. The van der Waals surface area contributed by atoms with Gasteiger partial charge in [0.2, 0.25) is 0 Å². The molecule has 3 atom stereocenters. The fourth-order valence-electron chi connectivity index (χ4n) is 3.78. The van der Waals surface area contributed by atoms with Crippen LogP contribution in [0.4, 0.5) is 11.4 Å². The van der Waals surface area contributed by atoms with Gasteiger partial charge in [0.15, 0.2) is 0 Å². The minimum atomic E-state index is -0.428. The van der Waals surface area contributed by atoms with Crippen LogP contribution in [0.15, 0.2) is 53.0 Å². The molecule has 0 saturated heterocycles. The van der Waals surface area contributed by atoms with Crippen molar-refractivity contribution in [3.63, 3.8) is 0 Å². The van der Waals surface area contributed by atoms with E-state index in [0.29, 0.717) is 11.8 Å². The molecule has 0 unspecified atom stereocenters. The Morgan fingerprint density at radius 2 is 2.12 bits per heavy atom. The van der Waals surface area contributed by atoms with Gasteiger partial charge in [-0.15, -0.1) is 0 Å². The summed E-state index contributed by atoms with van der Waals surface area (Å²) in [7, 11) is 0. The Morgan fingerprint density at radius 3 is 2.92 bits per heavy atom. The molecule has 0 spiro atoms. The number of benzene rings is 2. The molecule has 1 N–H and O–H groups in total. The number of para-hydroxylation sites is 1. The van der Waals surface area contributed by atoms with E-state index >= 15 is 0 Å². The number of nitro groups is 1. The van der Waals surface area contributed by atoms with E-state index in [2.05, 4.69) is 39.5 Å². The van der Waals surface area contributed by atoms with E-state index in [-0.39, 0.29) is 16.8 Å². The second kappa shape index (κ2) is 5.90. The minimum absolute atomic E-state index is 0.00664. The lowest BCUT2D eigenvalue weighted by atomic mass is 9.77. The van der Waals surface area contributed by atoms with Crippen LogP contribution in [0.3, 0.4) is 0 Å². The van der Waals surface area contributed by atoms with Gasteiger partial charge in [0.1, 0.15) is 5.02 Å². The second-order valence-corrected chi connectivity index (χ2v) is 7.41. The van der Waals surface area contributed by atoms with E-state index in [9.17, 15) is 10.1 Å². The molecule has 2 aromatic rings. The smallest absolute Gasteiger partial charge is 0.288 e. The molecule has 0 fully saturated rings. The van der Waals surface area contributed by atoms with E-state index in [4.69, 9.17) is 11.6 Å². The lowest BCUT2D eigenvalue weighted by Gasteiger charge is -2.38. The number of halogens is 2. The Bertz CT molecular complexity index is 868. The maximum absolute atomic E-state index is 11.2. The Balaban J connectivity index is 1.81. The number of allylic oxidation sites excluding steroid dienone is 2. The highest BCUT2D eigenvalue weighted by molar-refractivity contribution is 9.10. The van der Waals surface area contributed by atoms with Crippen LogP contribution >= 0.6 is 27.5 Å². The molecule has 0 saturated carbocycles. The average molecular weight is 406 g/mol. The summed E-state index contributed by atoms with van der Waals surface area (Å²) >= 11 is 9.58. The third kappa shape index (κ3) is 2.43. The average Bonchev–Trinajstić information content (AvgIpc) is 3.05. The fraction of sp³-hybridized carbons (Fsp3) is 0.222. The van der Waals surface area contributed by atoms with Crippen molar-refractivity contribution >= 4 is 38.9 Å². The van der Waals surface area contributed by atoms with Gasteiger partial charge in [0.25, 0.3) is 5.69 Å². The highest BCUT2D eigenvalue weighted by atomic mass is 79.9. The minimum Gasteiger partial charge on any atom is -0.377 e. The number of nitrogens with one attached hydrogen (secondary N) is 1. The highest BCUT2D eigenvalue weighted by Crippen LogP contribution is 2.51. The fourth-order valence-corrected chi connectivity index (χ4v) is 4.46. The Kier molecular flexibility index (Phi) is 3.85. The van der Waals surface area contributed by atoms with Crippen LogP contribution in [-0.2, 0) is 0 Å². The molecule has 0 amide bonds. The van der Waals surface area contributed by atoms with Crippen molar-refractivity contribution in [2.45, 2.75) is 18.4 Å². The molecule has 2 aromatic carbocycles.